The molecule has 0 bridgehead atoms. The molecular formula is C6H5ClF2N2O2S. The van der Waals surface area contributed by atoms with Gasteiger partial charge in [-0.2, -0.15) is 0 Å². The van der Waals surface area contributed by atoms with Crippen LogP contribution in [0.3, 0.4) is 0 Å². The van der Waals surface area contributed by atoms with Gasteiger partial charge in [-0.25, -0.2) is 22.2 Å². The maximum Gasteiger partial charge on any atom is 0.278 e. The molecule has 8 heteroatoms. The maximum atomic E-state index is 12.2. The van der Waals surface area contributed by atoms with Gasteiger partial charge in [-0.1, -0.05) is 0 Å². The van der Waals surface area contributed by atoms with Gasteiger partial charge in [0.1, 0.15) is 5.82 Å². The number of halogens is 3. The Morgan fingerprint density at radius 3 is 2.36 bits per heavy atom. The third kappa shape index (κ3) is 2.30. The van der Waals surface area contributed by atoms with Gasteiger partial charge >= 0.3 is 0 Å². The van der Waals surface area contributed by atoms with E-state index in [0.29, 0.717) is 0 Å². The number of anilines is 1. The van der Waals surface area contributed by atoms with Gasteiger partial charge in [-0.15, -0.1) is 0 Å². The lowest BCUT2D eigenvalue weighted by Gasteiger charge is -2.03. The van der Waals surface area contributed by atoms with Crippen LogP contribution >= 0.6 is 10.7 Å². The second kappa shape index (κ2) is 3.66. The van der Waals surface area contributed by atoms with Gasteiger partial charge in [0.2, 0.25) is 0 Å². The van der Waals surface area contributed by atoms with Crippen LogP contribution in [0.1, 0.15) is 12.0 Å². The first-order valence-corrected chi connectivity index (χ1v) is 5.62. The summed E-state index contributed by atoms with van der Waals surface area (Å²) >= 11 is 0. The first kappa shape index (κ1) is 11.1. The van der Waals surface area contributed by atoms with Crippen molar-refractivity contribution in [2.75, 3.05) is 5.73 Å². The predicted molar refractivity (Wildman–Crippen MR) is 46.6 cm³/mol. The largest absolute Gasteiger partial charge is 0.383 e. The van der Waals surface area contributed by atoms with E-state index in [1.165, 1.54) is 0 Å². The number of pyridine rings is 1. The highest BCUT2D eigenvalue weighted by Gasteiger charge is 2.17. The van der Waals surface area contributed by atoms with Crippen molar-refractivity contribution in [3.63, 3.8) is 0 Å². The zero-order chi connectivity index (χ0) is 10.9. The average Bonchev–Trinajstić information content (AvgIpc) is 2.01. The Labute approximate surface area is 83.1 Å². The monoisotopic (exact) mass is 242 g/mol. The number of alkyl halides is 2. The summed E-state index contributed by atoms with van der Waals surface area (Å²) in [6.07, 6.45) is -2.80. The molecule has 2 N–H and O–H groups in total. The van der Waals surface area contributed by atoms with E-state index in [4.69, 9.17) is 16.4 Å². The normalized spacial score (nSPS) is 12.0. The number of nitrogens with two attached hydrogens (primary N) is 1. The Morgan fingerprint density at radius 2 is 2.00 bits per heavy atom. The molecule has 1 rings (SSSR count). The van der Waals surface area contributed by atoms with Crippen LogP contribution in [-0.2, 0) is 9.05 Å². The van der Waals surface area contributed by atoms with Gasteiger partial charge < -0.3 is 5.73 Å². The quantitative estimate of drug-likeness (QED) is 0.798. The Hall–Kier alpha value is -0.950. The van der Waals surface area contributed by atoms with Crippen LogP contribution in [-0.4, -0.2) is 13.4 Å². The fraction of sp³-hybridized carbons (Fsp3) is 0.167. The molecule has 1 heterocycles. The van der Waals surface area contributed by atoms with Crippen LogP contribution in [0.5, 0.6) is 0 Å². The molecule has 0 atom stereocenters. The summed E-state index contributed by atoms with van der Waals surface area (Å²) in [5, 5.41) is -0.541. The van der Waals surface area contributed by atoms with E-state index in [-0.39, 0.29) is 0 Å². The standard InChI is InChI=1S/C6H5ClF2N2O2S/c7-14(12,13)4-2-1-3(5(8)9)6(10)11-4/h1-2,5H,(H2,10,11). The second-order valence-electron chi connectivity index (χ2n) is 2.36. The highest BCUT2D eigenvalue weighted by molar-refractivity contribution is 8.13. The lowest BCUT2D eigenvalue weighted by molar-refractivity contribution is 0.152. The van der Waals surface area contributed by atoms with Crippen LogP contribution in [0.15, 0.2) is 17.2 Å². The topological polar surface area (TPSA) is 73.0 Å². The van der Waals surface area contributed by atoms with E-state index >= 15 is 0 Å². The van der Waals surface area contributed by atoms with E-state index in [2.05, 4.69) is 4.98 Å². The summed E-state index contributed by atoms with van der Waals surface area (Å²) in [5.41, 5.74) is 4.59. The molecular weight excluding hydrogens is 238 g/mol. The minimum atomic E-state index is -4.03. The molecule has 0 aliphatic heterocycles. The van der Waals surface area contributed by atoms with Crippen molar-refractivity contribution in [2.24, 2.45) is 0 Å². The number of hydrogen-bond acceptors (Lipinski definition) is 4. The van der Waals surface area contributed by atoms with Crippen LogP contribution in [0.4, 0.5) is 14.6 Å². The second-order valence-corrected chi connectivity index (χ2v) is 4.88. The summed E-state index contributed by atoms with van der Waals surface area (Å²) < 4.78 is 45.8. The molecule has 0 fully saturated rings. The summed E-state index contributed by atoms with van der Waals surface area (Å²) in [6.45, 7) is 0. The lowest BCUT2D eigenvalue weighted by atomic mass is 10.3. The molecule has 0 aliphatic carbocycles. The predicted octanol–water partition coefficient (Wildman–Crippen LogP) is 1.53. The number of hydrogen-bond donors (Lipinski definition) is 1. The van der Waals surface area contributed by atoms with Crippen molar-refractivity contribution in [1.82, 2.24) is 4.98 Å². The smallest absolute Gasteiger partial charge is 0.278 e. The summed E-state index contributed by atoms with van der Waals surface area (Å²) in [5.74, 6) is -0.540. The molecule has 0 saturated carbocycles. The van der Waals surface area contributed by atoms with Crippen molar-refractivity contribution >= 4 is 25.6 Å². The van der Waals surface area contributed by atoms with E-state index < -0.39 is 31.9 Å². The Kier molecular flexibility index (Phi) is 2.91. The minimum Gasteiger partial charge on any atom is -0.383 e. The van der Waals surface area contributed by atoms with Gasteiger partial charge in [0, 0.05) is 10.7 Å². The molecule has 1 aromatic heterocycles. The van der Waals surface area contributed by atoms with E-state index in [1.54, 1.807) is 0 Å². The first-order valence-electron chi connectivity index (χ1n) is 3.31. The third-order valence-corrected chi connectivity index (χ3v) is 2.62. The van der Waals surface area contributed by atoms with E-state index in [0.717, 1.165) is 12.1 Å². The number of aromatic nitrogens is 1. The molecule has 78 valence electrons. The molecule has 0 amide bonds. The van der Waals surface area contributed by atoms with Gasteiger partial charge in [0.15, 0.2) is 5.03 Å². The van der Waals surface area contributed by atoms with Crippen molar-refractivity contribution in [3.05, 3.63) is 17.7 Å². The highest BCUT2D eigenvalue weighted by atomic mass is 35.7. The molecule has 1 aromatic rings. The number of nitrogen functional groups attached to an aromatic ring is 1. The Morgan fingerprint density at radius 1 is 1.43 bits per heavy atom. The third-order valence-electron chi connectivity index (χ3n) is 1.42. The van der Waals surface area contributed by atoms with Gasteiger partial charge in [-0.3, -0.25) is 0 Å². The van der Waals surface area contributed by atoms with Gasteiger partial charge in [0.25, 0.3) is 15.5 Å². The van der Waals surface area contributed by atoms with Crippen LogP contribution in [0.2, 0.25) is 0 Å². The summed E-state index contributed by atoms with van der Waals surface area (Å²) in [7, 11) is 0.898. The molecule has 0 spiro atoms. The molecule has 4 nitrogen and oxygen atoms in total. The SMILES string of the molecule is Nc1nc(S(=O)(=O)Cl)ccc1C(F)F. The molecule has 0 aliphatic rings. The molecule has 0 radical (unpaired) electrons. The maximum absolute atomic E-state index is 12.2. The Bertz CT molecular complexity index is 449. The average molecular weight is 243 g/mol. The molecule has 0 saturated heterocycles. The zero-order valence-electron chi connectivity index (χ0n) is 6.62. The zero-order valence-corrected chi connectivity index (χ0v) is 8.19. The number of nitrogens with zero attached hydrogens (tertiary/aromatic N) is 1. The highest BCUT2D eigenvalue weighted by Crippen LogP contribution is 2.25. The van der Waals surface area contributed by atoms with Crippen LogP contribution in [0.25, 0.3) is 0 Å². The van der Waals surface area contributed by atoms with Crippen LogP contribution < -0.4 is 5.73 Å². The molecule has 0 unspecified atom stereocenters. The van der Waals surface area contributed by atoms with Crippen molar-refractivity contribution in [1.29, 1.82) is 0 Å². The van der Waals surface area contributed by atoms with E-state index in [9.17, 15) is 17.2 Å². The number of rotatable bonds is 2. The van der Waals surface area contributed by atoms with Gasteiger partial charge in [0.05, 0.1) is 5.56 Å². The van der Waals surface area contributed by atoms with Crippen molar-refractivity contribution < 1.29 is 17.2 Å². The minimum absolute atomic E-state index is 0.519. The Balaban J connectivity index is 3.27. The van der Waals surface area contributed by atoms with Crippen molar-refractivity contribution in [2.45, 2.75) is 11.5 Å². The molecule has 0 aromatic carbocycles. The first-order chi connectivity index (χ1) is 6.32. The van der Waals surface area contributed by atoms with Crippen LogP contribution in [0, 0.1) is 0 Å². The van der Waals surface area contributed by atoms with Gasteiger partial charge in [-0.05, 0) is 12.1 Å². The fourth-order valence-corrected chi connectivity index (χ4v) is 1.48. The lowest BCUT2D eigenvalue weighted by Crippen LogP contribution is -2.03. The fourth-order valence-electron chi connectivity index (χ4n) is 0.787. The molecule has 14 heavy (non-hydrogen) atoms. The van der Waals surface area contributed by atoms with E-state index in [1.807, 2.05) is 0 Å². The van der Waals surface area contributed by atoms with Crippen molar-refractivity contribution in [3.8, 4) is 0 Å². The summed E-state index contributed by atoms with van der Waals surface area (Å²) in [6, 6.07) is 1.75. The summed E-state index contributed by atoms with van der Waals surface area (Å²) in [4.78, 5) is 3.24.